The van der Waals surface area contributed by atoms with Crippen molar-refractivity contribution in [3.8, 4) is 0 Å². The van der Waals surface area contributed by atoms with Crippen LogP contribution in [-0.4, -0.2) is 27.4 Å². The van der Waals surface area contributed by atoms with Crippen LogP contribution >= 0.6 is 0 Å². The highest BCUT2D eigenvalue weighted by Crippen LogP contribution is 2.25. The van der Waals surface area contributed by atoms with Crippen LogP contribution in [0, 0.1) is 0 Å². The maximum absolute atomic E-state index is 12.6. The second-order valence-electron chi connectivity index (χ2n) is 6.37. The summed E-state index contributed by atoms with van der Waals surface area (Å²) in [4.78, 5) is 25.1. The Morgan fingerprint density at radius 1 is 0.889 bits per heavy atom. The van der Waals surface area contributed by atoms with Crippen LogP contribution in [0.5, 0.6) is 0 Å². The molecule has 0 bridgehead atoms. The molecule has 0 aliphatic carbocycles. The lowest BCUT2D eigenvalue weighted by Gasteiger charge is -2.31. The van der Waals surface area contributed by atoms with Crippen molar-refractivity contribution in [1.82, 2.24) is 20.3 Å². The Morgan fingerprint density at radius 2 is 1.52 bits per heavy atom. The SMILES string of the molecule is NC(=O)C(CCc1ccncc1)(NCCc1ccncc1)c1ccccn1. The van der Waals surface area contributed by atoms with Gasteiger partial charge in [0.15, 0.2) is 0 Å². The largest absolute Gasteiger partial charge is 0.368 e. The van der Waals surface area contributed by atoms with Gasteiger partial charge >= 0.3 is 0 Å². The lowest BCUT2D eigenvalue weighted by Crippen LogP contribution is -2.54. The number of primary amides is 1. The third kappa shape index (κ3) is 4.74. The second-order valence-corrected chi connectivity index (χ2v) is 6.37. The maximum Gasteiger partial charge on any atom is 0.243 e. The maximum atomic E-state index is 12.6. The fraction of sp³-hybridized carbons (Fsp3) is 0.238. The summed E-state index contributed by atoms with van der Waals surface area (Å²) in [6.45, 7) is 0.597. The predicted molar refractivity (Wildman–Crippen MR) is 104 cm³/mol. The molecule has 0 saturated heterocycles. The molecule has 0 aliphatic heterocycles. The van der Waals surface area contributed by atoms with Gasteiger partial charge in [0.25, 0.3) is 0 Å². The number of aryl methyl sites for hydroxylation is 1. The first-order valence-electron chi connectivity index (χ1n) is 8.95. The van der Waals surface area contributed by atoms with E-state index < -0.39 is 11.4 Å². The van der Waals surface area contributed by atoms with Gasteiger partial charge in [-0.3, -0.25) is 25.1 Å². The number of hydrogen-bond acceptors (Lipinski definition) is 5. The zero-order chi connectivity index (χ0) is 19.0. The van der Waals surface area contributed by atoms with Crippen molar-refractivity contribution in [2.75, 3.05) is 6.54 Å². The Bertz CT molecular complexity index is 842. The van der Waals surface area contributed by atoms with Crippen LogP contribution < -0.4 is 11.1 Å². The zero-order valence-electron chi connectivity index (χ0n) is 15.1. The van der Waals surface area contributed by atoms with E-state index in [4.69, 9.17) is 5.73 Å². The molecule has 0 fully saturated rings. The Hall–Kier alpha value is -3.12. The summed E-state index contributed by atoms with van der Waals surface area (Å²) in [5.74, 6) is -0.426. The molecule has 0 spiro atoms. The smallest absolute Gasteiger partial charge is 0.243 e. The van der Waals surface area contributed by atoms with Crippen LogP contribution in [0.3, 0.4) is 0 Å². The Kier molecular flexibility index (Phi) is 6.22. The highest BCUT2D eigenvalue weighted by atomic mass is 16.1. The van der Waals surface area contributed by atoms with E-state index in [-0.39, 0.29) is 0 Å². The third-order valence-electron chi connectivity index (χ3n) is 4.65. The van der Waals surface area contributed by atoms with E-state index in [0.29, 0.717) is 25.1 Å². The predicted octanol–water partition coefficient (Wildman–Crippen LogP) is 2.02. The van der Waals surface area contributed by atoms with Crippen molar-refractivity contribution < 1.29 is 4.79 Å². The summed E-state index contributed by atoms with van der Waals surface area (Å²) in [6, 6.07) is 13.4. The highest BCUT2D eigenvalue weighted by Gasteiger charge is 2.39. The minimum absolute atomic E-state index is 0.426. The molecule has 0 radical (unpaired) electrons. The second kappa shape index (κ2) is 9.00. The summed E-state index contributed by atoms with van der Waals surface area (Å²) in [5, 5.41) is 3.39. The van der Waals surface area contributed by atoms with Crippen molar-refractivity contribution in [2.24, 2.45) is 5.73 Å². The molecule has 6 heteroatoms. The Labute approximate surface area is 158 Å². The van der Waals surface area contributed by atoms with Gasteiger partial charge in [-0.1, -0.05) is 6.07 Å². The van der Waals surface area contributed by atoms with Gasteiger partial charge in [0.1, 0.15) is 5.54 Å². The van der Waals surface area contributed by atoms with Crippen LogP contribution in [0.25, 0.3) is 0 Å². The summed E-state index contributed by atoms with van der Waals surface area (Å²) >= 11 is 0. The number of hydrogen-bond donors (Lipinski definition) is 2. The molecule has 138 valence electrons. The molecule has 0 aromatic carbocycles. The number of nitrogens with zero attached hydrogens (tertiary/aromatic N) is 3. The van der Waals surface area contributed by atoms with Crippen LogP contribution in [0.2, 0.25) is 0 Å². The van der Waals surface area contributed by atoms with Crippen LogP contribution in [0.4, 0.5) is 0 Å². The van der Waals surface area contributed by atoms with Gasteiger partial charge in [-0.15, -0.1) is 0 Å². The molecule has 3 aromatic rings. The van der Waals surface area contributed by atoms with Gasteiger partial charge in [-0.25, -0.2) is 0 Å². The summed E-state index contributed by atoms with van der Waals surface area (Å²) in [7, 11) is 0. The van der Waals surface area contributed by atoms with Crippen molar-refractivity contribution in [3.63, 3.8) is 0 Å². The molecule has 27 heavy (non-hydrogen) atoms. The number of nitrogens with one attached hydrogen (secondary N) is 1. The third-order valence-corrected chi connectivity index (χ3v) is 4.65. The topological polar surface area (TPSA) is 93.8 Å². The number of pyridine rings is 3. The molecule has 3 aromatic heterocycles. The highest BCUT2D eigenvalue weighted by molar-refractivity contribution is 5.85. The molecular weight excluding hydrogens is 338 g/mol. The molecular formula is C21H23N5O. The number of rotatable bonds is 9. The van der Waals surface area contributed by atoms with Crippen LogP contribution in [-0.2, 0) is 23.2 Å². The summed E-state index contributed by atoms with van der Waals surface area (Å²) in [6.07, 6.45) is 10.7. The first kappa shape index (κ1) is 18.7. The van der Waals surface area contributed by atoms with E-state index in [1.807, 2.05) is 42.5 Å². The van der Waals surface area contributed by atoms with Gasteiger partial charge in [-0.05, 0) is 66.8 Å². The average Bonchev–Trinajstić information content (AvgIpc) is 2.72. The Morgan fingerprint density at radius 3 is 2.07 bits per heavy atom. The number of nitrogens with two attached hydrogens (primary N) is 1. The lowest BCUT2D eigenvalue weighted by atomic mass is 9.86. The number of carbonyl (C=O) groups is 1. The molecule has 1 unspecified atom stereocenters. The minimum atomic E-state index is -1.03. The van der Waals surface area contributed by atoms with Crippen molar-refractivity contribution in [2.45, 2.75) is 24.8 Å². The van der Waals surface area contributed by atoms with E-state index in [0.717, 1.165) is 17.5 Å². The van der Waals surface area contributed by atoms with Gasteiger partial charge in [0, 0.05) is 37.5 Å². The van der Waals surface area contributed by atoms with Crippen molar-refractivity contribution in [1.29, 1.82) is 0 Å². The van der Waals surface area contributed by atoms with Gasteiger partial charge in [0.05, 0.1) is 5.69 Å². The molecule has 6 nitrogen and oxygen atoms in total. The number of aromatic nitrogens is 3. The van der Waals surface area contributed by atoms with E-state index in [1.165, 1.54) is 0 Å². The van der Waals surface area contributed by atoms with E-state index >= 15 is 0 Å². The monoisotopic (exact) mass is 361 g/mol. The molecule has 0 aliphatic rings. The zero-order valence-corrected chi connectivity index (χ0v) is 15.1. The number of carbonyl (C=O) groups excluding carboxylic acids is 1. The average molecular weight is 361 g/mol. The van der Waals surface area contributed by atoms with E-state index in [9.17, 15) is 4.79 Å². The Balaban J connectivity index is 1.81. The molecule has 1 atom stereocenters. The minimum Gasteiger partial charge on any atom is -0.368 e. The van der Waals surface area contributed by atoms with Gasteiger partial charge in [0.2, 0.25) is 5.91 Å². The molecule has 3 N–H and O–H groups in total. The molecule has 0 saturated carbocycles. The molecule has 1 amide bonds. The number of amides is 1. The van der Waals surface area contributed by atoms with E-state index in [1.54, 1.807) is 31.0 Å². The first-order valence-corrected chi connectivity index (χ1v) is 8.95. The van der Waals surface area contributed by atoms with Gasteiger partial charge < -0.3 is 5.73 Å². The van der Waals surface area contributed by atoms with Crippen LogP contribution in [0.15, 0.2) is 73.4 Å². The van der Waals surface area contributed by atoms with Gasteiger partial charge in [-0.2, -0.15) is 0 Å². The summed E-state index contributed by atoms with van der Waals surface area (Å²) < 4.78 is 0. The standard InChI is InChI=1S/C21H23N5O/c22-20(27)21(19-3-1-2-11-25-19,10-4-17-5-12-23-13-6-17)26-16-9-18-7-14-24-15-8-18/h1-3,5-8,11-15,26H,4,9-10,16H2,(H2,22,27). The quantitative estimate of drug-likeness (QED) is 0.608. The van der Waals surface area contributed by atoms with E-state index in [2.05, 4.69) is 20.3 Å². The normalized spacial score (nSPS) is 13.0. The fourth-order valence-electron chi connectivity index (χ4n) is 3.11. The first-order chi connectivity index (χ1) is 13.2. The lowest BCUT2D eigenvalue weighted by molar-refractivity contribution is -0.125. The van der Waals surface area contributed by atoms with Crippen molar-refractivity contribution in [3.05, 3.63) is 90.3 Å². The van der Waals surface area contributed by atoms with Crippen LogP contribution in [0.1, 0.15) is 23.2 Å². The fourth-order valence-corrected chi connectivity index (χ4v) is 3.11. The van der Waals surface area contributed by atoms with Crippen molar-refractivity contribution >= 4 is 5.91 Å². The summed E-state index contributed by atoms with van der Waals surface area (Å²) in [5.41, 5.74) is 7.74. The molecule has 3 rings (SSSR count). The molecule has 3 heterocycles.